The first-order chi connectivity index (χ1) is 25.1. The number of hydrogen-bond acceptors (Lipinski definition) is 7. The summed E-state index contributed by atoms with van der Waals surface area (Å²) in [6.07, 6.45) is 4.11. The lowest BCUT2D eigenvalue weighted by atomic mass is 9.75. The van der Waals surface area contributed by atoms with Crippen LogP contribution in [0.2, 0.25) is 0 Å². The number of carbonyl (C=O) groups excluding carboxylic acids is 5. The number of benzene rings is 2. The number of amides is 1. The molecule has 292 valence electrons. The Bertz CT molecular complexity index is 1470. The highest BCUT2D eigenvalue weighted by Crippen LogP contribution is 2.43. The first-order valence-electron chi connectivity index (χ1n) is 20.0. The van der Waals surface area contributed by atoms with Crippen LogP contribution in [-0.4, -0.2) is 54.8 Å². The number of Topliss-reactive ketones (excluding diaryl/α,β-unsaturated/α-hetero) is 4. The minimum absolute atomic E-state index is 0.0903. The molecule has 0 spiro atoms. The molecule has 0 bridgehead atoms. The van der Waals surface area contributed by atoms with Crippen LogP contribution in [-0.2, 0) is 28.7 Å². The van der Waals surface area contributed by atoms with Crippen LogP contribution in [0.15, 0.2) is 60.7 Å². The van der Waals surface area contributed by atoms with Gasteiger partial charge in [-0.25, -0.2) is 0 Å². The quantitative estimate of drug-likeness (QED) is 0.0874. The second-order valence-electron chi connectivity index (χ2n) is 16.7. The van der Waals surface area contributed by atoms with Crippen LogP contribution < -0.4 is 10.6 Å². The monoisotopic (exact) mass is 730 g/mol. The average Bonchev–Trinajstić information content (AvgIpc) is 3.56. The molecule has 2 N–H and O–H groups in total. The van der Waals surface area contributed by atoms with Gasteiger partial charge in [-0.15, -0.1) is 0 Å². The molecule has 1 fully saturated rings. The zero-order valence-electron chi connectivity index (χ0n) is 33.6. The van der Waals surface area contributed by atoms with Gasteiger partial charge < -0.3 is 15.4 Å². The number of ether oxygens (including phenoxy) is 1. The van der Waals surface area contributed by atoms with Crippen molar-refractivity contribution >= 4 is 29.0 Å². The SMILES string of the molecule is CCCC(CCOCC1C(C(=O)C(NCCC(C)c2ccccc2)C(C)(C)C)CCC1C(C)C)C(=O)C(=O)CCC(=O)N[C@H](C(C)=O)c1ccccc1. The van der Waals surface area contributed by atoms with Crippen molar-refractivity contribution in [2.75, 3.05) is 19.8 Å². The lowest BCUT2D eigenvalue weighted by Crippen LogP contribution is -2.50. The molecule has 0 heterocycles. The Morgan fingerprint density at radius 1 is 0.830 bits per heavy atom. The summed E-state index contributed by atoms with van der Waals surface area (Å²) in [7, 11) is 0. The van der Waals surface area contributed by atoms with Gasteiger partial charge in [-0.05, 0) is 85.8 Å². The van der Waals surface area contributed by atoms with E-state index in [2.05, 4.69) is 76.4 Å². The van der Waals surface area contributed by atoms with Gasteiger partial charge in [0.2, 0.25) is 11.7 Å². The van der Waals surface area contributed by atoms with E-state index in [4.69, 9.17) is 4.74 Å². The summed E-state index contributed by atoms with van der Waals surface area (Å²) in [4.78, 5) is 65.5. The largest absolute Gasteiger partial charge is 0.381 e. The molecule has 8 heteroatoms. The Morgan fingerprint density at radius 2 is 1.45 bits per heavy atom. The van der Waals surface area contributed by atoms with E-state index in [0.29, 0.717) is 49.4 Å². The van der Waals surface area contributed by atoms with Crippen LogP contribution in [0.5, 0.6) is 0 Å². The van der Waals surface area contributed by atoms with Gasteiger partial charge in [0.25, 0.3) is 0 Å². The van der Waals surface area contributed by atoms with Gasteiger partial charge >= 0.3 is 0 Å². The molecule has 0 radical (unpaired) electrons. The normalized spacial score (nSPS) is 19.7. The van der Waals surface area contributed by atoms with Gasteiger partial charge in [0.15, 0.2) is 17.3 Å². The standard InChI is InChI=1S/C45H66N2O6/c1-9-16-35(42(51)39(49)23-24-40(50)47-41(32(5)48)34-19-14-11-15-20-34)26-28-53-29-38-36(30(2)3)21-22-37(38)43(52)44(45(6,7)8)46-27-25-31(4)33-17-12-10-13-18-33/h10-15,17-20,30-31,35-38,41,44,46H,9,16,21-29H2,1-8H3,(H,47,50)/t31?,35?,36?,37?,38?,41-,44?/m1/s1. The zero-order chi connectivity index (χ0) is 39.1. The van der Waals surface area contributed by atoms with Crippen molar-refractivity contribution in [2.45, 2.75) is 125 Å². The summed E-state index contributed by atoms with van der Waals surface area (Å²) in [6.45, 7) is 18.0. The van der Waals surface area contributed by atoms with E-state index in [0.717, 1.165) is 32.2 Å². The highest BCUT2D eigenvalue weighted by atomic mass is 16.5. The molecule has 53 heavy (non-hydrogen) atoms. The summed E-state index contributed by atoms with van der Waals surface area (Å²) in [6, 6.07) is 18.4. The van der Waals surface area contributed by atoms with E-state index >= 15 is 0 Å². The summed E-state index contributed by atoms with van der Waals surface area (Å²) in [5.41, 5.74) is 1.73. The molecule has 3 rings (SSSR count). The highest BCUT2D eigenvalue weighted by molar-refractivity contribution is 6.38. The predicted molar refractivity (Wildman–Crippen MR) is 211 cm³/mol. The van der Waals surface area contributed by atoms with E-state index in [9.17, 15) is 24.0 Å². The fourth-order valence-electron chi connectivity index (χ4n) is 8.04. The van der Waals surface area contributed by atoms with Crippen LogP contribution in [0.3, 0.4) is 0 Å². The summed E-state index contributed by atoms with van der Waals surface area (Å²) in [5.74, 6) is -0.751. The topological polar surface area (TPSA) is 119 Å². The molecule has 6 unspecified atom stereocenters. The van der Waals surface area contributed by atoms with Gasteiger partial charge in [-0.2, -0.15) is 0 Å². The van der Waals surface area contributed by atoms with Gasteiger partial charge in [-0.1, -0.05) is 116 Å². The van der Waals surface area contributed by atoms with E-state index in [1.165, 1.54) is 12.5 Å². The predicted octanol–water partition coefficient (Wildman–Crippen LogP) is 8.24. The van der Waals surface area contributed by atoms with E-state index in [1.807, 2.05) is 19.1 Å². The molecule has 1 aliphatic carbocycles. The molecule has 2 aromatic carbocycles. The first kappa shape index (κ1) is 43.9. The fourth-order valence-corrected chi connectivity index (χ4v) is 8.04. The van der Waals surface area contributed by atoms with E-state index in [1.54, 1.807) is 24.3 Å². The minimum atomic E-state index is -0.797. The average molecular weight is 731 g/mol. The van der Waals surface area contributed by atoms with Crippen LogP contribution in [0, 0.1) is 35.0 Å². The Hall–Kier alpha value is -3.49. The number of ketones is 4. The summed E-state index contributed by atoms with van der Waals surface area (Å²) < 4.78 is 6.29. The molecule has 1 saturated carbocycles. The van der Waals surface area contributed by atoms with E-state index < -0.39 is 29.4 Å². The minimum Gasteiger partial charge on any atom is -0.381 e. The second-order valence-corrected chi connectivity index (χ2v) is 16.7. The number of carbonyl (C=O) groups is 5. The Labute approximate surface area is 319 Å². The Morgan fingerprint density at radius 3 is 2.02 bits per heavy atom. The van der Waals surface area contributed by atoms with Crippen LogP contribution in [0.25, 0.3) is 0 Å². The molecule has 0 saturated heterocycles. The van der Waals surface area contributed by atoms with Gasteiger partial charge in [0.05, 0.1) is 12.6 Å². The summed E-state index contributed by atoms with van der Waals surface area (Å²) >= 11 is 0. The van der Waals surface area contributed by atoms with Crippen molar-refractivity contribution in [3.63, 3.8) is 0 Å². The molecular formula is C45H66N2O6. The van der Waals surface area contributed by atoms with Gasteiger partial charge in [-0.3, -0.25) is 24.0 Å². The molecule has 8 nitrogen and oxygen atoms in total. The van der Waals surface area contributed by atoms with Crippen molar-refractivity contribution in [3.8, 4) is 0 Å². The molecular weight excluding hydrogens is 665 g/mol. The fraction of sp³-hybridized carbons (Fsp3) is 0.622. The third-order valence-corrected chi connectivity index (χ3v) is 11.2. The molecule has 0 aromatic heterocycles. The first-order valence-corrected chi connectivity index (χ1v) is 20.0. The Balaban J connectivity index is 1.56. The number of rotatable bonds is 23. The third kappa shape index (κ3) is 13.4. The lowest BCUT2D eigenvalue weighted by Gasteiger charge is -2.35. The maximum Gasteiger partial charge on any atom is 0.221 e. The Kier molecular flexibility index (Phi) is 17.7. The third-order valence-electron chi connectivity index (χ3n) is 11.2. The van der Waals surface area contributed by atoms with Crippen molar-refractivity contribution in [1.82, 2.24) is 10.6 Å². The molecule has 0 aliphatic heterocycles. The zero-order valence-corrected chi connectivity index (χ0v) is 33.6. The van der Waals surface area contributed by atoms with Gasteiger partial charge in [0, 0.05) is 31.3 Å². The van der Waals surface area contributed by atoms with Crippen LogP contribution >= 0.6 is 0 Å². The van der Waals surface area contributed by atoms with Crippen molar-refractivity contribution in [3.05, 3.63) is 71.8 Å². The van der Waals surface area contributed by atoms with Gasteiger partial charge in [0.1, 0.15) is 6.04 Å². The smallest absolute Gasteiger partial charge is 0.221 e. The number of nitrogens with one attached hydrogen (secondary N) is 2. The second kappa shape index (κ2) is 21.4. The summed E-state index contributed by atoms with van der Waals surface area (Å²) in [5, 5.41) is 6.37. The molecule has 1 amide bonds. The molecule has 1 aliphatic rings. The van der Waals surface area contributed by atoms with Crippen LogP contribution in [0.1, 0.15) is 130 Å². The maximum absolute atomic E-state index is 14.3. The highest BCUT2D eigenvalue weighted by Gasteiger charge is 2.45. The maximum atomic E-state index is 14.3. The lowest BCUT2D eigenvalue weighted by molar-refractivity contribution is -0.140. The van der Waals surface area contributed by atoms with Crippen molar-refractivity contribution in [2.24, 2.45) is 35.0 Å². The molecule has 2 aromatic rings. The van der Waals surface area contributed by atoms with Crippen molar-refractivity contribution in [1.29, 1.82) is 0 Å². The van der Waals surface area contributed by atoms with E-state index in [-0.39, 0.29) is 47.7 Å². The molecule has 7 atom stereocenters. The van der Waals surface area contributed by atoms with Crippen LogP contribution in [0.4, 0.5) is 0 Å². The van der Waals surface area contributed by atoms with Crippen molar-refractivity contribution < 1.29 is 28.7 Å². The number of hydrogen-bond donors (Lipinski definition) is 2.